The molecule has 5 nitrogen and oxygen atoms in total. The lowest BCUT2D eigenvalue weighted by Gasteiger charge is -2.23. The van der Waals surface area contributed by atoms with Crippen molar-refractivity contribution in [1.29, 1.82) is 0 Å². The van der Waals surface area contributed by atoms with E-state index in [4.69, 9.17) is 9.15 Å². The van der Waals surface area contributed by atoms with Gasteiger partial charge in [-0.3, -0.25) is 4.79 Å². The number of carbonyl (C=O) groups is 2. The number of ether oxygens (including phenoxy) is 1. The molecule has 0 aliphatic rings. The van der Waals surface area contributed by atoms with E-state index in [9.17, 15) is 9.59 Å². The summed E-state index contributed by atoms with van der Waals surface area (Å²) >= 11 is 0. The van der Waals surface area contributed by atoms with Crippen molar-refractivity contribution < 1.29 is 18.7 Å². The largest absolute Gasteiger partial charge is 0.467 e. The quantitative estimate of drug-likeness (QED) is 0.196. The highest BCUT2D eigenvalue weighted by Crippen LogP contribution is 2.27. The number of benzene rings is 3. The number of amides is 1. The Morgan fingerprint density at radius 3 is 2.44 bits per heavy atom. The van der Waals surface area contributed by atoms with Crippen LogP contribution in [0.3, 0.4) is 0 Å². The molecule has 0 radical (unpaired) electrons. The van der Waals surface area contributed by atoms with Crippen LogP contribution in [-0.2, 0) is 22.5 Å². The average molecular weight is 480 g/mol. The highest BCUT2D eigenvalue weighted by atomic mass is 16.5. The van der Waals surface area contributed by atoms with E-state index in [0.717, 1.165) is 22.3 Å². The van der Waals surface area contributed by atoms with Gasteiger partial charge in [-0.15, -0.1) is 0 Å². The molecule has 0 unspecified atom stereocenters. The van der Waals surface area contributed by atoms with Crippen LogP contribution in [0.1, 0.15) is 34.2 Å². The first-order chi connectivity index (χ1) is 17.4. The minimum atomic E-state index is -0.436. The Hall–Kier alpha value is -4.38. The molecule has 3 aromatic carbocycles. The second-order valence-corrected chi connectivity index (χ2v) is 8.60. The summed E-state index contributed by atoms with van der Waals surface area (Å²) in [6.45, 7) is 8.33. The molecule has 1 heterocycles. The van der Waals surface area contributed by atoms with Gasteiger partial charge in [0.25, 0.3) is 5.91 Å². The van der Waals surface area contributed by atoms with Gasteiger partial charge in [-0.05, 0) is 49.2 Å². The molecule has 0 fully saturated rings. The maximum atomic E-state index is 13.6. The topological polar surface area (TPSA) is 59.8 Å². The molecule has 1 aromatic heterocycles. The monoisotopic (exact) mass is 479 g/mol. The number of aryl methyl sites for hydroxylation is 1. The lowest BCUT2D eigenvalue weighted by Crippen LogP contribution is -2.32. The van der Waals surface area contributed by atoms with Crippen LogP contribution in [0.5, 0.6) is 0 Å². The van der Waals surface area contributed by atoms with Crippen molar-refractivity contribution in [2.75, 3.05) is 11.5 Å². The minimum absolute atomic E-state index is 0.185. The molecule has 36 heavy (non-hydrogen) atoms. The van der Waals surface area contributed by atoms with E-state index in [-0.39, 0.29) is 19.1 Å². The molecule has 0 aliphatic carbocycles. The third-order valence-corrected chi connectivity index (χ3v) is 5.80. The Morgan fingerprint density at radius 1 is 0.917 bits per heavy atom. The van der Waals surface area contributed by atoms with Gasteiger partial charge < -0.3 is 14.1 Å². The van der Waals surface area contributed by atoms with Crippen LogP contribution in [0.4, 0.5) is 5.69 Å². The zero-order valence-electron chi connectivity index (χ0n) is 20.6. The first kappa shape index (κ1) is 24.7. The Labute approximate surface area is 211 Å². The van der Waals surface area contributed by atoms with Gasteiger partial charge in [-0.25, -0.2) is 4.79 Å². The number of anilines is 1. The molecule has 4 rings (SSSR count). The maximum absolute atomic E-state index is 13.6. The molecular formula is C31H29NO4. The first-order valence-corrected chi connectivity index (χ1v) is 11.9. The number of furan rings is 1. The van der Waals surface area contributed by atoms with Crippen molar-refractivity contribution in [3.63, 3.8) is 0 Å². The molecule has 0 saturated carbocycles. The molecular weight excluding hydrogens is 450 g/mol. The molecule has 5 heteroatoms. The molecule has 4 aromatic rings. The molecule has 0 atom stereocenters. The summed E-state index contributed by atoms with van der Waals surface area (Å²) in [6, 6.07) is 26.7. The van der Waals surface area contributed by atoms with Crippen LogP contribution in [0.2, 0.25) is 0 Å². The Morgan fingerprint density at radius 2 is 1.69 bits per heavy atom. The van der Waals surface area contributed by atoms with Gasteiger partial charge in [0.05, 0.1) is 25.0 Å². The molecule has 0 spiro atoms. The van der Waals surface area contributed by atoms with Crippen molar-refractivity contribution in [2.45, 2.75) is 26.8 Å². The Bertz CT molecular complexity index is 1370. The number of nitrogens with zero attached hydrogens (tertiary/aromatic N) is 1. The number of hydrogen-bond donors (Lipinski definition) is 0. The van der Waals surface area contributed by atoms with Crippen molar-refractivity contribution in [3.8, 4) is 11.1 Å². The maximum Gasteiger partial charge on any atom is 0.338 e. The third kappa shape index (κ3) is 5.99. The van der Waals surface area contributed by atoms with E-state index < -0.39 is 5.97 Å². The Kier molecular flexibility index (Phi) is 7.81. The molecule has 0 N–H and O–H groups in total. The fourth-order valence-corrected chi connectivity index (χ4v) is 4.00. The zero-order chi connectivity index (χ0) is 25.5. The van der Waals surface area contributed by atoms with E-state index in [0.29, 0.717) is 29.0 Å². The van der Waals surface area contributed by atoms with Crippen molar-refractivity contribution in [2.24, 2.45) is 0 Å². The predicted molar refractivity (Wildman–Crippen MR) is 142 cm³/mol. The summed E-state index contributed by atoms with van der Waals surface area (Å²) in [5, 5.41) is 0. The van der Waals surface area contributed by atoms with Gasteiger partial charge in [0, 0.05) is 23.2 Å². The summed E-state index contributed by atoms with van der Waals surface area (Å²) in [7, 11) is 0. The van der Waals surface area contributed by atoms with Gasteiger partial charge in [0.1, 0.15) is 5.76 Å². The predicted octanol–water partition coefficient (Wildman–Crippen LogP) is 6.76. The summed E-state index contributed by atoms with van der Waals surface area (Å²) in [6.07, 6.45) is 2.11. The van der Waals surface area contributed by atoms with Gasteiger partial charge in [0.15, 0.2) is 0 Å². The molecule has 0 bridgehead atoms. The van der Waals surface area contributed by atoms with Crippen LogP contribution in [0.15, 0.2) is 108 Å². The van der Waals surface area contributed by atoms with Crippen LogP contribution < -0.4 is 4.90 Å². The van der Waals surface area contributed by atoms with Gasteiger partial charge in [-0.1, -0.05) is 72.8 Å². The normalized spacial score (nSPS) is 10.6. The van der Waals surface area contributed by atoms with E-state index >= 15 is 0 Å². The van der Waals surface area contributed by atoms with Crippen molar-refractivity contribution >= 4 is 17.6 Å². The van der Waals surface area contributed by atoms with Crippen LogP contribution in [0, 0.1) is 6.92 Å². The van der Waals surface area contributed by atoms with Crippen LogP contribution >= 0.6 is 0 Å². The summed E-state index contributed by atoms with van der Waals surface area (Å²) in [5.41, 5.74) is 5.50. The second kappa shape index (κ2) is 11.4. The van der Waals surface area contributed by atoms with Gasteiger partial charge in [0.2, 0.25) is 0 Å². The molecule has 0 saturated heterocycles. The van der Waals surface area contributed by atoms with Crippen molar-refractivity contribution in [3.05, 3.63) is 126 Å². The standard InChI is InChI=1S/C31H29NO4/c1-4-35-31(34)26-14-9-15-28(18-26)32(30(33)23(3)17-24-11-6-5-7-12-24)20-29-19-27(21-36-29)25-13-8-10-22(2)16-25/h5-16,18-19,21H,3-4,17,20H2,1-2H3. The highest BCUT2D eigenvalue weighted by Gasteiger charge is 2.22. The summed E-state index contributed by atoms with van der Waals surface area (Å²) in [4.78, 5) is 27.6. The fraction of sp³-hybridized carbons (Fsp3) is 0.161. The molecule has 0 aliphatic heterocycles. The van der Waals surface area contributed by atoms with Crippen molar-refractivity contribution in [1.82, 2.24) is 0 Å². The Balaban J connectivity index is 1.64. The van der Waals surface area contributed by atoms with E-state index in [2.05, 4.69) is 12.6 Å². The van der Waals surface area contributed by atoms with Gasteiger partial charge in [-0.2, -0.15) is 0 Å². The smallest absolute Gasteiger partial charge is 0.338 e. The first-order valence-electron chi connectivity index (χ1n) is 11.9. The second-order valence-electron chi connectivity index (χ2n) is 8.60. The summed E-state index contributed by atoms with van der Waals surface area (Å²) < 4.78 is 11.0. The SMILES string of the molecule is C=C(Cc1ccccc1)C(=O)N(Cc1cc(-c2cccc(C)c2)co1)c1cccc(C(=O)OCC)c1. The number of esters is 1. The van der Waals surface area contributed by atoms with E-state index in [1.54, 1.807) is 42.4 Å². The average Bonchev–Trinajstić information content (AvgIpc) is 3.36. The number of rotatable bonds is 9. The fourth-order valence-electron chi connectivity index (χ4n) is 4.00. The van der Waals surface area contributed by atoms with Gasteiger partial charge >= 0.3 is 5.97 Å². The van der Waals surface area contributed by atoms with Crippen LogP contribution in [-0.4, -0.2) is 18.5 Å². The number of hydrogen-bond acceptors (Lipinski definition) is 4. The molecule has 1 amide bonds. The van der Waals surface area contributed by atoms with Crippen LogP contribution in [0.25, 0.3) is 11.1 Å². The highest BCUT2D eigenvalue weighted by molar-refractivity contribution is 6.06. The lowest BCUT2D eigenvalue weighted by molar-refractivity contribution is -0.115. The lowest BCUT2D eigenvalue weighted by atomic mass is 10.0. The minimum Gasteiger partial charge on any atom is -0.467 e. The zero-order valence-corrected chi connectivity index (χ0v) is 20.6. The molecule has 182 valence electrons. The van der Waals surface area contributed by atoms with E-state index in [1.165, 1.54) is 0 Å². The third-order valence-electron chi connectivity index (χ3n) is 5.80. The number of carbonyl (C=O) groups excluding carboxylic acids is 2. The van der Waals surface area contributed by atoms with E-state index in [1.807, 2.05) is 61.5 Å². The summed E-state index contributed by atoms with van der Waals surface area (Å²) in [5.74, 6) is -0.0585.